The summed E-state index contributed by atoms with van der Waals surface area (Å²) < 4.78 is 3.09. The van der Waals surface area contributed by atoms with Gasteiger partial charge in [0.25, 0.3) is 0 Å². The third kappa shape index (κ3) is 5.13. The van der Waals surface area contributed by atoms with Gasteiger partial charge in [-0.05, 0) is 31.7 Å². The van der Waals surface area contributed by atoms with Gasteiger partial charge in [-0.3, -0.25) is 4.68 Å². The number of nitrogens with zero attached hydrogens (tertiary/aromatic N) is 3. The molecule has 1 unspecified atom stereocenters. The highest BCUT2D eigenvalue weighted by molar-refractivity contribution is 9.10. The number of likely N-dealkylation sites (N-methyl/N-ethyl adjacent to an activating group) is 1. The number of thioether (sulfide) groups is 1. The summed E-state index contributed by atoms with van der Waals surface area (Å²) in [6.07, 6.45) is 2.55. The predicted molar refractivity (Wildman–Crippen MR) is 91.7 cm³/mol. The van der Waals surface area contributed by atoms with Crippen molar-refractivity contribution in [3.05, 3.63) is 40.9 Å². The largest absolute Gasteiger partial charge is 0.313 e. The van der Waals surface area contributed by atoms with Gasteiger partial charge in [-0.15, -0.1) is 11.8 Å². The Morgan fingerprint density at radius 1 is 1.38 bits per heavy atom. The average Bonchev–Trinajstić information content (AvgIpc) is 2.92. The Morgan fingerprint density at radius 3 is 2.95 bits per heavy atom. The second kappa shape index (κ2) is 8.56. The van der Waals surface area contributed by atoms with Crippen molar-refractivity contribution in [2.75, 3.05) is 12.3 Å². The number of aryl methyl sites for hydroxylation is 1. The second-order valence-corrected chi connectivity index (χ2v) is 6.73. The number of halogens is 1. The van der Waals surface area contributed by atoms with Crippen molar-refractivity contribution in [1.29, 1.82) is 0 Å². The number of hydrogen-bond acceptors (Lipinski definition) is 4. The van der Waals surface area contributed by atoms with Gasteiger partial charge in [0, 0.05) is 34.1 Å². The van der Waals surface area contributed by atoms with E-state index in [-0.39, 0.29) is 0 Å². The number of rotatable bonds is 8. The molecule has 0 spiro atoms. The molecule has 0 aliphatic rings. The Morgan fingerprint density at radius 2 is 2.24 bits per heavy atom. The van der Waals surface area contributed by atoms with Crippen molar-refractivity contribution >= 4 is 27.7 Å². The van der Waals surface area contributed by atoms with E-state index in [4.69, 9.17) is 0 Å². The second-order valence-electron chi connectivity index (χ2n) is 4.72. The predicted octanol–water partition coefficient (Wildman–Crippen LogP) is 3.37. The van der Waals surface area contributed by atoms with E-state index in [2.05, 4.69) is 69.4 Å². The van der Waals surface area contributed by atoms with E-state index in [9.17, 15) is 0 Å². The van der Waals surface area contributed by atoms with Crippen LogP contribution < -0.4 is 5.32 Å². The van der Waals surface area contributed by atoms with E-state index < -0.39 is 0 Å². The molecule has 1 N–H and O–H groups in total. The summed E-state index contributed by atoms with van der Waals surface area (Å²) in [6, 6.07) is 8.82. The average molecular weight is 369 g/mol. The fraction of sp³-hybridized carbons (Fsp3) is 0.467. The van der Waals surface area contributed by atoms with Crippen molar-refractivity contribution in [1.82, 2.24) is 20.1 Å². The highest BCUT2D eigenvalue weighted by Gasteiger charge is 2.13. The van der Waals surface area contributed by atoms with Crippen molar-refractivity contribution in [2.24, 2.45) is 0 Å². The zero-order valence-corrected chi connectivity index (χ0v) is 14.8. The van der Waals surface area contributed by atoms with Gasteiger partial charge in [-0.2, -0.15) is 5.10 Å². The molecule has 1 atom stereocenters. The van der Waals surface area contributed by atoms with E-state index in [0.717, 1.165) is 35.6 Å². The maximum atomic E-state index is 4.37. The van der Waals surface area contributed by atoms with Crippen molar-refractivity contribution in [3.8, 4) is 0 Å². The number of aromatic nitrogens is 3. The van der Waals surface area contributed by atoms with E-state index >= 15 is 0 Å². The minimum absolute atomic E-state index is 0.397. The van der Waals surface area contributed by atoms with Crippen LogP contribution in [0.2, 0.25) is 0 Å². The van der Waals surface area contributed by atoms with E-state index in [1.165, 1.54) is 4.90 Å². The summed E-state index contributed by atoms with van der Waals surface area (Å²) in [5.41, 5.74) is 0. The van der Waals surface area contributed by atoms with Crippen molar-refractivity contribution < 1.29 is 0 Å². The normalized spacial score (nSPS) is 12.5. The molecule has 6 heteroatoms. The van der Waals surface area contributed by atoms with Gasteiger partial charge in [0.15, 0.2) is 0 Å². The molecule has 1 heterocycles. The summed E-state index contributed by atoms with van der Waals surface area (Å²) in [5, 5.41) is 7.79. The molecule has 2 rings (SSSR count). The van der Waals surface area contributed by atoms with Gasteiger partial charge in [-0.1, -0.05) is 28.9 Å². The highest BCUT2D eigenvalue weighted by Crippen LogP contribution is 2.23. The molecule has 1 aromatic carbocycles. The van der Waals surface area contributed by atoms with Crippen LogP contribution in [-0.4, -0.2) is 33.1 Å². The van der Waals surface area contributed by atoms with Gasteiger partial charge < -0.3 is 5.32 Å². The molecule has 0 aliphatic heterocycles. The summed E-state index contributed by atoms with van der Waals surface area (Å²) in [7, 11) is 0. The van der Waals surface area contributed by atoms with Crippen LogP contribution in [0.5, 0.6) is 0 Å². The topological polar surface area (TPSA) is 42.7 Å². The molecule has 0 saturated carbocycles. The molecule has 0 saturated heterocycles. The molecule has 114 valence electrons. The van der Waals surface area contributed by atoms with Crippen LogP contribution in [0.4, 0.5) is 0 Å². The molecule has 0 radical (unpaired) electrons. The number of hydrogen-bond donors (Lipinski definition) is 1. The summed E-state index contributed by atoms with van der Waals surface area (Å²) in [6.45, 7) is 6.06. The Labute approximate surface area is 138 Å². The van der Waals surface area contributed by atoms with Crippen LogP contribution in [0.25, 0.3) is 0 Å². The first kappa shape index (κ1) is 16.5. The van der Waals surface area contributed by atoms with Crippen LogP contribution >= 0.6 is 27.7 Å². The minimum Gasteiger partial charge on any atom is -0.313 e. The Balaban J connectivity index is 1.95. The Kier molecular flexibility index (Phi) is 6.73. The van der Waals surface area contributed by atoms with E-state index in [0.29, 0.717) is 6.04 Å². The lowest BCUT2D eigenvalue weighted by molar-refractivity contribution is 0.527. The first-order valence-corrected chi connectivity index (χ1v) is 8.99. The summed E-state index contributed by atoms with van der Waals surface area (Å²) >= 11 is 5.38. The zero-order chi connectivity index (χ0) is 15.1. The lowest BCUT2D eigenvalue weighted by Crippen LogP contribution is -2.34. The van der Waals surface area contributed by atoms with Crippen LogP contribution in [0, 0.1) is 0 Å². The third-order valence-corrected chi connectivity index (χ3v) is 4.81. The lowest BCUT2D eigenvalue weighted by atomic mass is 10.2. The lowest BCUT2D eigenvalue weighted by Gasteiger charge is -2.17. The van der Waals surface area contributed by atoms with Gasteiger partial charge >= 0.3 is 0 Å². The molecule has 0 bridgehead atoms. The third-order valence-electron chi connectivity index (χ3n) is 3.16. The van der Waals surface area contributed by atoms with Gasteiger partial charge in [0.2, 0.25) is 0 Å². The molecule has 1 aromatic heterocycles. The smallest absolute Gasteiger partial charge is 0.138 e. The van der Waals surface area contributed by atoms with Gasteiger partial charge in [0.05, 0.1) is 0 Å². The SMILES string of the molecule is CCNC(CSc1cccc(Br)c1)Cc1ncnn1CC. The molecule has 21 heavy (non-hydrogen) atoms. The first-order valence-electron chi connectivity index (χ1n) is 7.21. The molecular formula is C15H21BrN4S. The molecular weight excluding hydrogens is 348 g/mol. The van der Waals surface area contributed by atoms with E-state index in [1.807, 2.05) is 16.4 Å². The summed E-state index contributed by atoms with van der Waals surface area (Å²) in [5.74, 6) is 2.07. The standard InChI is InChI=1S/C15H21BrN4S/c1-3-17-13(9-15-18-11-19-20(15)4-2)10-21-14-7-5-6-12(16)8-14/h5-8,11,13,17H,3-4,9-10H2,1-2H3. The van der Waals surface area contributed by atoms with Crippen LogP contribution in [0.1, 0.15) is 19.7 Å². The molecule has 0 amide bonds. The maximum absolute atomic E-state index is 4.37. The number of benzene rings is 1. The molecule has 0 aliphatic carbocycles. The Hall–Kier alpha value is -0.850. The van der Waals surface area contributed by atoms with Crippen molar-refractivity contribution in [3.63, 3.8) is 0 Å². The molecule has 4 nitrogen and oxygen atoms in total. The maximum Gasteiger partial charge on any atom is 0.138 e. The quantitative estimate of drug-likeness (QED) is 0.725. The zero-order valence-electron chi connectivity index (χ0n) is 12.4. The monoisotopic (exact) mass is 368 g/mol. The number of nitrogens with one attached hydrogen (secondary N) is 1. The fourth-order valence-corrected chi connectivity index (χ4v) is 3.73. The van der Waals surface area contributed by atoms with Crippen LogP contribution in [-0.2, 0) is 13.0 Å². The first-order chi connectivity index (χ1) is 10.2. The van der Waals surface area contributed by atoms with Crippen LogP contribution in [0.3, 0.4) is 0 Å². The molecule has 0 fully saturated rings. The van der Waals surface area contributed by atoms with Gasteiger partial charge in [-0.25, -0.2) is 4.98 Å². The molecule has 2 aromatic rings. The van der Waals surface area contributed by atoms with Gasteiger partial charge in [0.1, 0.15) is 12.2 Å². The van der Waals surface area contributed by atoms with Crippen molar-refractivity contribution in [2.45, 2.75) is 37.8 Å². The van der Waals surface area contributed by atoms with E-state index in [1.54, 1.807) is 6.33 Å². The summed E-state index contributed by atoms with van der Waals surface area (Å²) in [4.78, 5) is 5.65. The minimum atomic E-state index is 0.397. The van der Waals surface area contributed by atoms with Crippen LogP contribution in [0.15, 0.2) is 40.0 Å². The highest BCUT2D eigenvalue weighted by atomic mass is 79.9. The fourth-order valence-electron chi connectivity index (χ4n) is 2.16. The Bertz CT molecular complexity index is 558.